The van der Waals surface area contributed by atoms with Crippen LogP contribution in [0, 0.1) is 27.7 Å². The van der Waals surface area contributed by atoms with Gasteiger partial charge in [0.1, 0.15) is 9.88 Å². The lowest BCUT2D eigenvalue weighted by Gasteiger charge is -2.12. The molecule has 0 aliphatic carbocycles. The number of amides is 1. The van der Waals surface area contributed by atoms with Gasteiger partial charge in [0.25, 0.3) is 5.91 Å². The summed E-state index contributed by atoms with van der Waals surface area (Å²) < 4.78 is 0. The topological polar surface area (TPSA) is 54.9 Å². The highest BCUT2D eigenvalue weighted by Crippen LogP contribution is 2.28. The van der Waals surface area contributed by atoms with E-state index in [2.05, 4.69) is 34.3 Å². The zero-order valence-corrected chi connectivity index (χ0v) is 15.0. The Labute approximate surface area is 145 Å². The van der Waals surface area contributed by atoms with Crippen molar-refractivity contribution in [2.75, 3.05) is 5.32 Å². The van der Waals surface area contributed by atoms with E-state index in [9.17, 15) is 4.79 Å². The van der Waals surface area contributed by atoms with Gasteiger partial charge in [0.2, 0.25) is 0 Å². The molecule has 0 fully saturated rings. The van der Waals surface area contributed by atoms with E-state index < -0.39 is 0 Å². The Morgan fingerprint density at radius 2 is 1.79 bits per heavy atom. The van der Waals surface area contributed by atoms with E-state index in [0.29, 0.717) is 4.88 Å². The molecule has 1 aromatic carbocycles. The van der Waals surface area contributed by atoms with Crippen molar-refractivity contribution in [2.24, 2.45) is 0 Å². The lowest BCUT2D eigenvalue weighted by molar-refractivity contribution is 0.102. The normalized spacial score (nSPS) is 10.7. The third-order valence-corrected chi connectivity index (χ3v) is 4.98. The maximum atomic E-state index is 12.7. The van der Waals surface area contributed by atoms with Gasteiger partial charge in [0, 0.05) is 11.9 Å². The molecule has 1 amide bonds. The molecule has 24 heavy (non-hydrogen) atoms. The first-order chi connectivity index (χ1) is 11.5. The lowest BCUT2D eigenvalue weighted by Crippen LogP contribution is -2.13. The molecule has 2 aromatic heterocycles. The maximum absolute atomic E-state index is 12.7. The van der Waals surface area contributed by atoms with Crippen LogP contribution in [0.25, 0.3) is 10.7 Å². The molecule has 0 spiro atoms. The van der Waals surface area contributed by atoms with E-state index >= 15 is 0 Å². The van der Waals surface area contributed by atoms with E-state index in [0.717, 1.165) is 33.2 Å². The molecule has 5 heteroatoms. The smallest absolute Gasteiger partial charge is 0.267 e. The van der Waals surface area contributed by atoms with Crippen molar-refractivity contribution in [2.45, 2.75) is 27.7 Å². The van der Waals surface area contributed by atoms with Crippen LogP contribution < -0.4 is 5.32 Å². The molecule has 0 aliphatic rings. The number of aromatic nitrogens is 2. The van der Waals surface area contributed by atoms with Crippen molar-refractivity contribution < 1.29 is 4.79 Å². The summed E-state index contributed by atoms with van der Waals surface area (Å²) in [4.78, 5) is 22.1. The fourth-order valence-electron chi connectivity index (χ4n) is 2.75. The molecule has 0 radical (unpaired) electrons. The molecule has 3 rings (SSSR count). The van der Waals surface area contributed by atoms with Gasteiger partial charge in [-0.2, -0.15) is 0 Å². The summed E-state index contributed by atoms with van der Waals surface area (Å²) in [5.41, 5.74) is 5.70. The molecular weight excluding hydrogens is 318 g/mol. The Kier molecular flexibility index (Phi) is 4.44. The summed E-state index contributed by atoms with van der Waals surface area (Å²) in [6.07, 6.45) is 1.73. The number of pyridine rings is 1. The molecule has 122 valence electrons. The van der Waals surface area contributed by atoms with Crippen LogP contribution in [0.5, 0.6) is 0 Å². The molecule has 0 saturated heterocycles. The van der Waals surface area contributed by atoms with E-state index in [1.807, 2.05) is 39.0 Å². The molecule has 3 aromatic rings. The number of hydrogen-bond acceptors (Lipinski definition) is 4. The Morgan fingerprint density at radius 1 is 1.08 bits per heavy atom. The summed E-state index contributed by atoms with van der Waals surface area (Å²) in [5.74, 6) is -0.123. The highest BCUT2D eigenvalue weighted by Gasteiger charge is 2.18. The first-order valence-electron chi connectivity index (χ1n) is 7.73. The second-order valence-electron chi connectivity index (χ2n) is 5.88. The van der Waals surface area contributed by atoms with Gasteiger partial charge in [-0.25, -0.2) is 4.98 Å². The molecule has 2 heterocycles. The minimum atomic E-state index is -0.123. The van der Waals surface area contributed by atoms with Gasteiger partial charge in [0.15, 0.2) is 0 Å². The third kappa shape index (κ3) is 3.21. The van der Waals surface area contributed by atoms with E-state index in [4.69, 9.17) is 0 Å². The average molecular weight is 337 g/mol. The molecule has 0 unspecified atom stereocenters. The Bertz CT molecular complexity index is 877. The van der Waals surface area contributed by atoms with E-state index in [1.54, 1.807) is 6.20 Å². The van der Waals surface area contributed by atoms with Crippen molar-refractivity contribution in [1.82, 2.24) is 9.97 Å². The first kappa shape index (κ1) is 16.3. The monoisotopic (exact) mass is 337 g/mol. The molecular formula is C19H19N3OS. The van der Waals surface area contributed by atoms with Gasteiger partial charge in [-0.15, -0.1) is 11.3 Å². The number of nitrogens with zero attached hydrogens (tertiary/aromatic N) is 2. The fourth-order valence-corrected chi connectivity index (χ4v) is 3.69. The van der Waals surface area contributed by atoms with Crippen molar-refractivity contribution in [3.05, 3.63) is 63.8 Å². The second-order valence-corrected chi connectivity index (χ2v) is 6.88. The molecule has 1 N–H and O–H groups in total. The van der Waals surface area contributed by atoms with Gasteiger partial charge in [-0.05, 0) is 51.0 Å². The molecule has 0 atom stereocenters. The molecule has 0 bridgehead atoms. The zero-order chi connectivity index (χ0) is 17.3. The standard InChI is InChI=1S/C19H19N3OS/c1-11-9-12(2)16(13(3)10-11)22-18(23)17-14(4)21-19(24-17)15-7-5-6-8-20-15/h5-10H,1-4H3,(H,22,23). The Balaban J connectivity index is 1.90. The number of rotatable bonds is 3. The Morgan fingerprint density at radius 3 is 2.42 bits per heavy atom. The van der Waals surface area contributed by atoms with Crippen LogP contribution in [0.4, 0.5) is 5.69 Å². The summed E-state index contributed by atoms with van der Waals surface area (Å²) in [7, 11) is 0. The highest BCUT2D eigenvalue weighted by molar-refractivity contribution is 7.17. The number of carbonyl (C=O) groups excluding carboxylic acids is 1. The first-order valence-corrected chi connectivity index (χ1v) is 8.55. The van der Waals surface area contributed by atoms with Gasteiger partial charge in [-0.1, -0.05) is 23.8 Å². The summed E-state index contributed by atoms with van der Waals surface area (Å²) >= 11 is 1.37. The van der Waals surface area contributed by atoms with Crippen LogP contribution in [0.1, 0.15) is 32.1 Å². The number of anilines is 1. The summed E-state index contributed by atoms with van der Waals surface area (Å²) in [6.45, 7) is 7.92. The zero-order valence-electron chi connectivity index (χ0n) is 14.2. The van der Waals surface area contributed by atoms with Crippen LogP contribution >= 0.6 is 11.3 Å². The third-order valence-electron chi connectivity index (χ3n) is 3.80. The number of carbonyl (C=O) groups is 1. The predicted molar refractivity (Wildman–Crippen MR) is 98.7 cm³/mol. The SMILES string of the molecule is Cc1cc(C)c(NC(=O)c2sc(-c3ccccn3)nc2C)c(C)c1. The molecule has 4 nitrogen and oxygen atoms in total. The van der Waals surface area contributed by atoms with Crippen LogP contribution in [0.2, 0.25) is 0 Å². The van der Waals surface area contributed by atoms with E-state index in [-0.39, 0.29) is 5.91 Å². The number of nitrogens with one attached hydrogen (secondary N) is 1. The predicted octanol–water partition coefficient (Wildman–Crippen LogP) is 4.69. The van der Waals surface area contributed by atoms with Crippen LogP contribution in [0.15, 0.2) is 36.5 Å². The summed E-state index contributed by atoms with van der Waals surface area (Å²) in [6, 6.07) is 9.81. The number of aryl methyl sites for hydroxylation is 4. The maximum Gasteiger partial charge on any atom is 0.267 e. The minimum absolute atomic E-state index is 0.123. The number of benzene rings is 1. The fraction of sp³-hybridized carbons (Fsp3) is 0.211. The quantitative estimate of drug-likeness (QED) is 0.754. The van der Waals surface area contributed by atoms with Crippen molar-refractivity contribution in [1.29, 1.82) is 0 Å². The van der Waals surface area contributed by atoms with Gasteiger partial charge < -0.3 is 5.32 Å². The van der Waals surface area contributed by atoms with Crippen LogP contribution in [-0.4, -0.2) is 15.9 Å². The van der Waals surface area contributed by atoms with Crippen molar-refractivity contribution in [3.63, 3.8) is 0 Å². The minimum Gasteiger partial charge on any atom is -0.321 e. The Hall–Kier alpha value is -2.53. The lowest BCUT2D eigenvalue weighted by atomic mass is 10.1. The average Bonchev–Trinajstić information content (AvgIpc) is 2.93. The van der Waals surface area contributed by atoms with Gasteiger partial charge >= 0.3 is 0 Å². The van der Waals surface area contributed by atoms with E-state index in [1.165, 1.54) is 16.9 Å². The van der Waals surface area contributed by atoms with Gasteiger partial charge in [-0.3, -0.25) is 9.78 Å². The number of thiazole rings is 1. The molecule has 0 aliphatic heterocycles. The van der Waals surface area contributed by atoms with Crippen LogP contribution in [0.3, 0.4) is 0 Å². The summed E-state index contributed by atoms with van der Waals surface area (Å²) in [5, 5.41) is 3.80. The second kappa shape index (κ2) is 6.53. The van der Waals surface area contributed by atoms with Crippen LogP contribution in [-0.2, 0) is 0 Å². The van der Waals surface area contributed by atoms with Crippen molar-refractivity contribution >= 4 is 22.9 Å². The van der Waals surface area contributed by atoms with Gasteiger partial charge in [0.05, 0.1) is 11.4 Å². The molecule has 0 saturated carbocycles. The number of hydrogen-bond donors (Lipinski definition) is 1. The van der Waals surface area contributed by atoms with Crippen molar-refractivity contribution in [3.8, 4) is 10.7 Å². The largest absolute Gasteiger partial charge is 0.321 e. The highest BCUT2D eigenvalue weighted by atomic mass is 32.1.